The van der Waals surface area contributed by atoms with Gasteiger partial charge in [-0.3, -0.25) is 19.9 Å². The van der Waals surface area contributed by atoms with E-state index in [4.69, 9.17) is 0 Å². The average molecular weight is 283 g/mol. The minimum absolute atomic E-state index is 0.0709. The molecular weight excluding hydrogens is 272 g/mol. The van der Waals surface area contributed by atoms with Gasteiger partial charge in [0.15, 0.2) is 5.78 Å². The molecule has 0 N–H and O–H groups in total. The Morgan fingerprint density at radius 2 is 2.00 bits per heavy atom. The van der Waals surface area contributed by atoms with E-state index in [0.29, 0.717) is 16.8 Å². The lowest BCUT2D eigenvalue weighted by atomic mass is 10.1. The van der Waals surface area contributed by atoms with Crippen LogP contribution in [0.5, 0.6) is 5.75 Å². The maximum atomic E-state index is 11.3. The van der Waals surface area contributed by atoms with Crippen molar-refractivity contribution in [2.45, 2.75) is 6.92 Å². The molecule has 0 unspecified atom stereocenters. The SMILES string of the molecule is CC(=O)c1cccc(N=Cc2ccc([O-])c([N+](=O)[O-])c2)c1. The highest BCUT2D eigenvalue weighted by molar-refractivity contribution is 5.95. The van der Waals surface area contributed by atoms with Crippen LogP contribution >= 0.6 is 0 Å². The van der Waals surface area contributed by atoms with Crippen LogP contribution in [-0.4, -0.2) is 16.9 Å². The van der Waals surface area contributed by atoms with Crippen molar-refractivity contribution >= 4 is 23.4 Å². The van der Waals surface area contributed by atoms with E-state index < -0.39 is 16.4 Å². The Bertz CT molecular complexity index is 738. The molecule has 0 spiro atoms. The van der Waals surface area contributed by atoms with Gasteiger partial charge in [-0.2, -0.15) is 0 Å². The first-order valence-electron chi connectivity index (χ1n) is 6.08. The van der Waals surface area contributed by atoms with E-state index in [1.54, 1.807) is 24.3 Å². The lowest BCUT2D eigenvalue weighted by Gasteiger charge is -2.06. The molecule has 0 radical (unpaired) electrons. The molecule has 21 heavy (non-hydrogen) atoms. The van der Waals surface area contributed by atoms with Gasteiger partial charge in [0.25, 0.3) is 5.69 Å². The number of ketones is 1. The molecule has 0 aliphatic carbocycles. The highest BCUT2D eigenvalue weighted by Gasteiger charge is 2.07. The molecule has 0 atom stereocenters. The van der Waals surface area contributed by atoms with Gasteiger partial charge in [0, 0.05) is 17.8 Å². The van der Waals surface area contributed by atoms with Crippen LogP contribution in [0.25, 0.3) is 0 Å². The second-order valence-electron chi connectivity index (χ2n) is 4.35. The van der Waals surface area contributed by atoms with Crippen molar-refractivity contribution < 1.29 is 14.8 Å². The molecule has 0 aliphatic rings. The van der Waals surface area contributed by atoms with Crippen LogP contribution in [0.4, 0.5) is 11.4 Å². The Balaban J connectivity index is 2.29. The molecule has 106 valence electrons. The molecule has 2 aromatic carbocycles. The number of hydrogen-bond donors (Lipinski definition) is 0. The van der Waals surface area contributed by atoms with Crippen molar-refractivity contribution in [2.75, 3.05) is 0 Å². The zero-order valence-electron chi connectivity index (χ0n) is 11.1. The minimum Gasteiger partial charge on any atom is -0.868 e. The van der Waals surface area contributed by atoms with Crippen LogP contribution in [0.1, 0.15) is 22.8 Å². The molecule has 0 saturated carbocycles. The van der Waals surface area contributed by atoms with Gasteiger partial charge in [-0.15, -0.1) is 0 Å². The van der Waals surface area contributed by atoms with Crippen molar-refractivity contribution in [1.29, 1.82) is 0 Å². The van der Waals surface area contributed by atoms with Gasteiger partial charge in [-0.25, -0.2) is 0 Å². The van der Waals surface area contributed by atoms with Crippen molar-refractivity contribution in [3.63, 3.8) is 0 Å². The van der Waals surface area contributed by atoms with E-state index in [9.17, 15) is 20.0 Å². The highest BCUT2D eigenvalue weighted by atomic mass is 16.6. The summed E-state index contributed by atoms with van der Waals surface area (Å²) in [4.78, 5) is 25.4. The summed E-state index contributed by atoms with van der Waals surface area (Å²) in [6.07, 6.45) is 1.41. The van der Waals surface area contributed by atoms with Crippen LogP contribution in [0.3, 0.4) is 0 Å². The first kappa shape index (κ1) is 14.4. The van der Waals surface area contributed by atoms with Gasteiger partial charge in [-0.1, -0.05) is 24.3 Å². The highest BCUT2D eigenvalue weighted by Crippen LogP contribution is 2.23. The number of hydrogen-bond acceptors (Lipinski definition) is 5. The van der Waals surface area contributed by atoms with Crippen LogP contribution in [0, 0.1) is 10.1 Å². The summed E-state index contributed by atoms with van der Waals surface area (Å²) >= 11 is 0. The maximum Gasteiger partial charge on any atom is 0.262 e. The number of rotatable bonds is 4. The summed E-state index contributed by atoms with van der Waals surface area (Å²) in [5, 5.41) is 22.0. The smallest absolute Gasteiger partial charge is 0.262 e. The minimum atomic E-state index is -0.726. The Labute approximate surface area is 120 Å². The predicted octanol–water partition coefficient (Wildman–Crippen LogP) is 2.62. The van der Waals surface area contributed by atoms with Gasteiger partial charge in [0.1, 0.15) is 0 Å². The van der Waals surface area contributed by atoms with E-state index in [0.717, 1.165) is 6.07 Å². The van der Waals surface area contributed by atoms with E-state index in [-0.39, 0.29) is 5.78 Å². The summed E-state index contributed by atoms with van der Waals surface area (Å²) in [6, 6.07) is 10.5. The fourth-order valence-corrected chi connectivity index (χ4v) is 1.71. The van der Waals surface area contributed by atoms with Crippen molar-refractivity contribution in [3.05, 3.63) is 63.7 Å². The van der Waals surface area contributed by atoms with Crippen molar-refractivity contribution in [1.82, 2.24) is 0 Å². The van der Waals surface area contributed by atoms with Crippen molar-refractivity contribution in [3.8, 4) is 5.75 Å². The zero-order chi connectivity index (χ0) is 15.4. The molecule has 0 aromatic heterocycles. The number of aliphatic imine (C=N–C) groups is 1. The van der Waals surface area contributed by atoms with Gasteiger partial charge >= 0.3 is 0 Å². The Hall–Kier alpha value is -3.02. The third kappa shape index (κ3) is 3.50. The largest absolute Gasteiger partial charge is 0.868 e. The second-order valence-corrected chi connectivity index (χ2v) is 4.35. The number of nitro benzene ring substituents is 1. The number of benzene rings is 2. The number of nitro groups is 1. The molecule has 6 nitrogen and oxygen atoms in total. The number of carbonyl (C=O) groups excluding carboxylic acids is 1. The molecule has 0 saturated heterocycles. The Morgan fingerprint density at radius 1 is 1.24 bits per heavy atom. The quantitative estimate of drug-likeness (QED) is 0.373. The monoisotopic (exact) mass is 283 g/mol. The third-order valence-electron chi connectivity index (χ3n) is 2.80. The summed E-state index contributed by atoms with van der Waals surface area (Å²) in [6.45, 7) is 1.46. The first-order valence-corrected chi connectivity index (χ1v) is 6.08. The van der Waals surface area contributed by atoms with E-state index in [2.05, 4.69) is 4.99 Å². The van der Waals surface area contributed by atoms with Crippen LogP contribution < -0.4 is 5.11 Å². The summed E-state index contributed by atoms with van der Waals surface area (Å²) in [5.41, 5.74) is 1.04. The lowest BCUT2D eigenvalue weighted by molar-refractivity contribution is -0.398. The average Bonchev–Trinajstić information content (AvgIpc) is 2.46. The fraction of sp³-hybridized carbons (Fsp3) is 0.0667. The summed E-state index contributed by atoms with van der Waals surface area (Å²) < 4.78 is 0. The standard InChI is InChI=1S/C15H12N2O4/c1-10(18)12-3-2-4-13(8-12)16-9-11-5-6-15(19)14(7-11)17(20)21/h2-9,19H,1H3/p-1. The molecule has 0 fully saturated rings. The van der Waals surface area contributed by atoms with Gasteiger partial charge < -0.3 is 5.11 Å². The van der Waals surface area contributed by atoms with Crippen LogP contribution in [0.2, 0.25) is 0 Å². The molecule has 0 bridgehead atoms. The van der Waals surface area contributed by atoms with Gasteiger partial charge in [0.05, 0.1) is 10.6 Å². The van der Waals surface area contributed by atoms with E-state index in [1.807, 2.05) is 0 Å². The molecular formula is C15H11N2O4-. The number of carbonyl (C=O) groups is 1. The Morgan fingerprint density at radius 3 is 2.67 bits per heavy atom. The molecule has 2 aromatic rings. The molecule has 2 rings (SSSR count). The van der Waals surface area contributed by atoms with E-state index >= 15 is 0 Å². The van der Waals surface area contributed by atoms with E-state index in [1.165, 1.54) is 25.3 Å². The normalized spacial score (nSPS) is 10.7. The lowest BCUT2D eigenvalue weighted by Crippen LogP contribution is -1.98. The maximum absolute atomic E-state index is 11.3. The number of Topliss-reactive ketones (excluding diaryl/α,β-unsaturated/α-hetero) is 1. The zero-order valence-corrected chi connectivity index (χ0v) is 11.1. The Kier molecular flexibility index (Phi) is 4.08. The third-order valence-corrected chi connectivity index (χ3v) is 2.80. The first-order chi connectivity index (χ1) is 9.97. The molecule has 0 heterocycles. The predicted molar refractivity (Wildman–Crippen MR) is 76.2 cm³/mol. The van der Waals surface area contributed by atoms with Crippen LogP contribution in [0.15, 0.2) is 47.5 Å². The molecule has 0 amide bonds. The summed E-state index contributed by atoms with van der Waals surface area (Å²) in [7, 11) is 0. The molecule has 0 aliphatic heterocycles. The summed E-state index contributed by atoms with van der Waals surface area (Å²) in [5.74, 6) is -0.714. The number of nitrogens with zero attached hydrogens (tertiary/aromatic N) is 2. The second kappa shape index (κ2) is 5.96. The molecule has 6 heteroatoms. The topological polar surface area (TPSA) is 95.6 Å². The van der Waals surface area contributed by atoms with Crippen LogP contribution in [-0.2, 0) is 0 Å². The van der Waals surface area contributed by atoms with Gasteiger partial charge in [-0.05, 0) is 30.4 Å². The van der Waals surface area contributed by atoms with Gasteiger partial charge in [0.2, 0.25) is 0 Å². The fourth-order valence-electron chi connectivity index (χ4n) is 1.71. The van der Waals surface area contributed by atoms with Crippen molar-refractivity contribution in [2.24, 2.45) is 4.99 Å².